The molecule has 2 aliphatic rings. The third-order valence-electron chi connectivity index (χ3n) is 3.45. The van der Waals surface area contributed by atoms with Crippen LogP contribution in [0, 0.1) is 6.92 Å². The standard InChI is InChI=1S/C14H18N2O/c1-10-4-2-5-11(8-10)13-9-16-14(17-13)12-6-3-7-15-12/h2,4-5,8,12-13,15H,3,6-7,9H2,1H3. The first-order valence-corrected chi connectivity index (χ1v) is 6.34. The zero-order valence-corrected chi connectivity index (χ0v) is 10.1. The molecule has 1 aromatic rings. The summed E-state index contributed by atoms with van der Waals surface area (Å²) in [6, 6.07) is 8.85. The number of rotatable bonds is 2. The van der Waals surface area contributed by atoms with E-state index in [9.17, 15) is 0 Å². The van der Waals surface area contributed by atoms with Gasteiger partial charge in [-0.2, -0.15) is 0 Å². The average Bonchev–Trinajstić information content (AvgIpc) is 3.00. The molecule has 1 aromatic carbocycles. The molecule has 0 bridgehead atoms. The molecule has 2 aliphatic heterocycles. The predicted molar refractivity (Wildman–Crippen MR) is 68.3 cm³/mol. The van der Waals surface area contributed by atoms with Gasteiger partial charge >= 0.3 is 0 Å². The van der Waals surface area contributed by atoms with Crippen molar-refractivity contribution in [2.24, 2.45) is 4.99 Å². The summed E-state index contributed by atoms with van der Waals surface area (Å²) >= 11 is 0. The fraction of sp³-hybridized carbons (Fsp3) is 0.500. The molecule has 3 heteroatoms. The number of hydrogen-bond acceptors (Lipinski definition) is 3. The quantitative estimate of drug-likeness (QED) is 0.845. The second-order valence-corrected chi connectivity index (χ2v) is 4.85. The topological polar surface area (TPSA) is 33.6 Å². The highest BCUT2D eigenvalue weighted by atomic mass is 16.5. The van der Waals surface area contributed by atoms with Crippen LogP contribution in [0.1, 0.15) is 30.1 Å². The summed E-state index contributed by atoms with van der Waals surface area (Å²) in [5.41, 5.74) is 2.51. The third kappa shape index (κ3) is 2.20. The van der Waals surface area contributed by atoms with Crippen molar-refractivity contribution in [3.8, 4) is 0 Å². The van der Waals surface area contributed by atoms with Gasteiger partial charge in [0.15, 0.2) is 0 Å². The van der Waals surface area contributed by atoms with Crippen molar-refractivity contribution >= 4 is 5.90 Å². The van der Waals surface area contributed by atoms with E-state index < -0.39 is 0 Å². The second-order valence-electron chi connectivity index (χ2n) is 4.85. The maximum absolute atomic E-state index is 5.97. The van der Waals surface area contributed by atoms with E-state index >= 15 is 0 Å². The summed E-state index contributed by atoms with van der Waals surface area (Å²) in [5, 5.41) is 3.43. The van der Waals surface area contributed by atoms with Crippen molar-refractivity contribution in [3.05, 3.63) is 35.4 Å². The molecule has 0 saturated carbocycles. The first-order chi connectivity index (χ1) is 8.33. The van der Waals surface area contributed by atoms with Crippen molar-refractivity contribution in [1.29, 1.82) is 0 Å². The third-order valence-corrected chi connectivity index (χ3v) is 3.45. The Labute approximate surface area is 102 Å². The van der Waals surface area contributed by atoms with Gasteiger partial charge in [-0.3, -0.25) is 0 Å². The SMILES string of the molecule is Cc1cccc(C2CN=C(C3CCCN3)O2)c1. The molecular formula is C14H18N2O. The Bertz CT molecular complexity index is 436. The van der Waals surface area contributed by atoms with E-state index in [1.54, 1.807) is 0 Å². The smallest absolute Gasteiger partial charge is 0.201 e. The molecule has 17 heavy (non-hydrogen) atoms. The number of aryl methyl sites for hydroxylation is 1. The fourth-order valence-electron chi connectivity index (χ4n) is 2.52. The van der Waals surface area contributed by atoms with Gasteiger partial charge in [0.05, 0.1) is 12.6 Å². The van der Waals surface area contributed by atoms with E-state index in [4.69, 9.17) is 4.74 Å². The number of hydrogen-bond donors (Lipinski definition) is 1. The Kier molecular flexibility index (Phi) is 2.85. The van der Waals surface area contributed by atoms with Gasteiger partial charge < -0.3 is 10.1 Å². The van der Waals surface area contributed by atoms with E-state index in [2.05, 4.69) is 41.5 Å². The fourth-order valence-corrected chi connectivity index (χ4v) is 2.52. The lowest BCUT2D eigenvalue weighted by atomic mass is 10.1. The van der Waals surface area contributed by atoms with Crippen LogP contribution in [-0.2, 0) is 4.74 Å². The molecule has 3 nitrogen and oxygen atoms in total. The largest absolute Gasteiger partial charge is 0.470 e. The average molecular weight is 230 g/mol. The number of nitrogens with zero attached hydrogens (tertiary/aromatic N) is 1. The van der Waals surface area contributed by atoms with Gasteiger partial charge in [-0.05, 0) is 31.9 Å². The zero-order valence-electron chi connectivity index (χ0n) is 10.1. The van der Waals surface area contributed by atoms with Crippen LogP contribution >= 0.6 is 0 Å². The van der Waals surface area contributed by atoms with Crippen LogP contribution < -0.4 is 5.32 Å². The minimum atomic E-state index is 0.118. The van der Waals surface area contributed by atoms with Crippen LogP contribution in [-0.4, -0.2) is 25.0 Å². The molecule has 2 atom stereocenters. The van der Waals surface area contributed by atoms with Crippen molar-refractivity contribution in [1.82, 2.24) is 5.32 Å². The second kappa shape index (κ2) is 4.49. The molecule has 0 amide bonds. The Morgan fingerprint density at radius 2 is 2.35 bits per heavy atom. The monoisotopic (exact) mass is 230 g/mol. The molecule has 0 aliphatic carbocycles. The molecular weight excluding hydrogens is 212 g/mol. The summed E-state index contributed by atoms with van der Waals surface area (Å²) in [4.78, 5) is 4.54. The van der Waals surface area contributed by atoms with Crippen LogP contribution in [0.4, 0.5) is 0 Å². The van der Waals surface area contributed by atoms with Crippen LogP contribution in [0.5, 0.6) is 0 Å². The predicted octanol–water partition coefficient (Wildman–Crippen LogP) is 2.22. The van der Waals surface area contributed by atoms with E-state index in [0.717, 1.165) is 25.4 Å². The molecule has 2 heterocycles. The van der Waals surface area contributed by atoms with Crippen molar-refractivity contribution < 1.29 is 4.74 Å². The summed E-state index contributed by atoms with van der Waals surface area (Å²) in [7, 11) is 0. The number of aliphatic imine (C=N–C) groups is 1. The highest BCUT2D eigenvalue weighted by molar-refractivity contribution is 5.83. The number of ether oxygens (including phenoxy) is 1. The van der Waals surface area contributed by atoms with Gasteiger partial charge in [0.1, 0.15) is 6.10 Å². The Morgan fingerprint density at radius 3 is 3.12 bits per heavy atom. The van der Waals surface area contributed by atoms with Crippen LogP contribution in [0.25, 0.3) is 0 Å². The Balaban J connectivity index is 1.69. The molecule has 2 unspecified atom stereocenters. The lowest BCUT2D eigenvalue weighted by Crippen LogP contribution is -2.31. The van der Waals surface area contributed by atoms with Gasteiger partial charge in [-0.1, -0.05) is 29.8 Å². The van der Waals surface area contributed by atoms with Crippen molar-refractivity contribution in [3.63, 3.8) is 0 Å². The molecule has 1 saturated heterocycles. The van der Waals surface area contributed by atoms with Gasteiger partial charge in [-0.25, -0.2) is 4.99 Å². The summed E-state index contributed by atoms with van der Waals surface area (Å²) in [5.74, 6) is 0.911. The molecule has 1 fully saturated rings. The minimum absolute atomic E-state index is 0.118. The van der Waals surface area contributed by atoms with E-state index in [1.165, 1.54) is 17.5 Å². The maximum Gasteiger partial charge on any atom is 0.201 e. The highest BCUT2D eigenvalue weighted by Crippen LogP contribution is 2.26. The summed E-state index contributed by atoms with van der Waals surface area (Å²) in [6.07, 6.45) is 2.49. The first-order valence-electron chi connectivity index (χ1n) is 6.34. The number of nitrogens with one attached hydrogen (secondary N) is 1. The lowest BCUT2D eigenvalue weighted by molar-refractivity contribution is 0.219. The molecule has 90 valence electrons. The molecule has 0 radical (unpaired) electrons. The maximum atomic E-state index is 5.97. The van der Waals surface area contributed by atoms with Gasteiger partial charge in [0.2, 0.25) is 5.90 Å². The zero-order chi connectivity index (χ0) is 11.7. The Hall–Kier alpha value is -1.35. The lowest BCUT2D eigenvalue weighted by Gasteiger charge is -2.15. The van der Waals surface area contributed by atoms with Crippen LogP contribution in [0.3, 0.4) is 0 Å². The van der Waals surface area contributed by atoms with Crippen LogP contribution in [0.2, 0.25) is 0 Å². The summed E-state index contributed by atoms with van der Waals surface area (Å²) < 4.78 is 5.97. The van der Waals surface area contributed by atoms with Crippen molar-refractivity contribution in [2.45, 2.75) is 31.9 Å². The Morgan fingerprint density at radius 1 is 1.41 bits per heavy atom. The van der Waals surface area contributed by atoms with Crippen LogP contribution in [0.15, 0.2) is 29.3 Å². The van der Waals surface area contributed by atoms with Gasteiger partial charge in [-0.15, -0.1) is 0 Å². The molecule has 0 spiro atoms. The summed E-state index contributed by atoms with van der Waals surface area (Å²) in [6.45, 7) is 3.96. The van der Waals surface area contributed by atoms with Crippen molar-refractivity contribution in [2.75, 3.05) is 13.1 Å². The highest BCUT2D eigenvalue weighted by Gasteiger charge is 2.29. The van der Waals surface area contributed by atoms with E-state index in [-0.39, 0.29) is 6.10 Å². The molecule has 0 aromatic heterocycles. The van der Waals surface area contributed by atoms with E-state index in [0.29, 0.717) is 6.04 Å². The number of benzene rings is 1. The first kappa shape index (κ1) is 10.8. The normalized spacial score (nSPS) is 27.9. The van der Waals surface area contributed by atoms with Gasteiger partial charge in [0.25, 0.3) is 0 Å². The van der Waals surface area contributed by atoms with Gasteiger partial charge in [0, 0.05) is 0 Å². The molecule has 1 N–H and O–H groups in total. The van der Waals surface area contributed by atoms with E-state index in [1.807, 2.05) is 0 Å². The molecule has 3 rings (SSSR count). The minimum Gasteiger partial charge on any atom is -0.470 e.